The molecule has 0 spiro atoms. The fraction of sp³-hybridized carbons (Fsp3) is 0.381. The standard InChI is InChI=1S/C21H27N3O4S/c1-5-16-14(4)11-17(29-16)19(25)23-24-20(26)18(13(2)3)22-21(27)28-12-15-9-7-6-8-10-15/h6-11,13,18H,5,12H2,1-4H3,(H,22,27)(H,23,25)(H,24,26)/t18-/m0/s1. The summed E-state index contributed by atoms with van der Waals surface area (Å²) < 4.78 is 5.17. The Morgan fingerprint density at radius 1 is 1.10 bits per heavy atom. The van der Waals surface area contributed by atoms with Gasteiger partial charge in [-0.3, -0.25) is 20.4 Å². The average molecular weight is 418 g/mol. The van der Waals surface area contributed by atoms with E-state index in [1.54, 1.807) is 19.9 Å². The second-order valence-electron chi connectivity index (χ2n) is 6.94. The van der Waals surface area contributed by atoms with Gasteiger partial charge in [-0.25, -0.2) is 4.79 Å². The number of benzene rings is 1. The summed E-state index contributed by atoms with van der Waals surface area (Å²) >= 11 is 1.40. The summed E-state index contributed by atoms with van der Waals surface area (Å²) in [6, 6.07) is 10.2. The highest BCUT2D eigenvalue weighted by molar-refractivity contribution is 7.14. The Labute approximate surface area is 174 Å². The number of thiophene rings is 1. The molecule has 0 aliphatic heterocycles. The summed E-state index contributed by atoms with van der Waals surface area (Å²) in [6.45, 7) is 7.66. The first-order chi connectivity index (χ1) is 13.8. The number of carbonyl (C=O) groups excluding carboxylic acids is 3. The SMILES string of the molecule is CCc1sc(C(=O)NNC(=O)[C@@H](NC(=O)OCc2ccccc2)C(C)C)cc1C. The van der Waals surface area contributed by atoms with Gasteiger partial charge in [-0.2, -0.15) is 0 Å². The number of hydrogen-bond acceptors (Lipinski definition) is 5. The molecule has 2 rings (SSSR count). The number of aryl methyl sites for hydroxylation is 2. The van der Waals surface area contributed by atoms with Crippen LogP contribution < -0.4 is 16.2 Å². The predicted molar refractivity (Wildman–Crippen MR) is 112 cm³/mol. The first-order valence-corrected chi connectivity index (χ1v) is 10.3. The summed E-state index contributed by atoms with van der Waals surface area (Å²) in [7, 11) is 0. The van der Waals surface area contributed by atoms with Gasteiger partial charge in [0.1, 0.15) is 12.6 Å². The molecule has 0 aliphatic carbocycles. The molecule has 1 heterocycles. The largest absolute Gasteiger partial charge is 0.445 e. The fourth-order valence-corrected chi connectivity index (χ4v) is 3.68. The lowest BCUT2D eigenvalue weighted by Crippen LogP contribution is -2.54. The molecule has 0 unspecified atom stereocenters. The van der Waals surface area contributed by atoms with Crippen LogP contribution in [0.25, 0.3) is 0 Å². The molecular formula is C21H27N3O4S. The number of hydrogen-bond donors (Lipinski definition) is 3. The molecule has 29 heavy (non-hydrogen) atoms. The van der Waals surface area contributed by atoms with Gasteiger partial charge in [-0.1, -0.05) is 51.1 Å². The highest BCUT2D eigenvalue weighted by atomic mass is 32.1. The molecule has 3 N–H and O–H groups in total. The van der Waals surface area contributed by atoms with Crippen LogP contribution in [0.4, 0.5) is 4.79 Å². The van der Waals surface area contributed by atoms with Gasteiger partial charge in [0.05, 0.1) is 4.88 Å². The zero-order valence-electron chi connectivity index (χ0n) is 17.1. The third kappa shape index (κ3) is 6.60. The minimum absolute atomic E-state index is 0.104. The van der Waals surface area contributed by atoms with Crippen LogP contribution >= 0.6 is 11.3 Å². The summed E-state index contributed by atoms with van der Waals surface area (Å²) in [6.07, 6.45) is 0.149. The van der Waals surface area contributed by atoms with Crippen LogP contribution in [-0.4, -0.2) is 23.9 Å². The molecule has 0 fully saturated rings. The van der Waals surface area contributed by atoms with Gasteiger partial charge in [0.15, 0.2) is 0 Å². The second kappa shape index (κ2) is 10.6. The van der Waals surface area contributed by atoms with Gasteiger partial charge in [-0.15, -0.1) is 11.3 Å². The number of amides is 3. The number of ether oxygens (including phenoxy) is 1. The average Bonchev–Trinajstić information content (AvgIpc) is 3.09. The monoisotopic (exact) mass is 417 g/mol. The van der Waals surface area contributed by atoms with Crippen LogP contribution in [0.1, 0.15) is 46.4 Å². The van der Waals surface area contributed by atoms with Crippen LogP contribution in [0, 0.1) is 12.8 Å². The molecule has 1 atom stereocenters. The predicted octanol–water partition coefficient (Wildman–Crippen LogP) is 3.33. The Morgan fingerprint density at radius 2 is 1.79 bits per heavy atom. The molecule has 0 radical (unpaired) electrons. The van der Waals surface area contributed by atoms with Crippen molar-refractivity contribution in [3.63, 3.8) is 0 Å². The maximum atomic E-state index is 12.5. The molecule has 1 aromatic carbocycles. The third-order valence-electron chi connectivity index (χ3n) is 4.30. The molecule has 0 saturated carbocycles. The minimum atomic E-state index is -0.852. The highest BCUT2D eigenvalue weighted by Crippen LogP contribution is 2.22. The van der Waals surface area contributed by atoms with Gasteiger partial charge in [-0.05, 0) is 36.5 Å². The van der Waals surface area contributed by atoms with E-state index in [9.17, 15) is 14.4 Å². The van der Waals surface area contributed by atoms with E-state index in [-0.39, 0.29) is 18.4 Å². The zero-order chi connectivity index (χ0) is 21.4. The van der Waals surface area contributed by atoms with Crippen LogP contribution in [0.5, 0.6) is 0 Å². The summed E-state index contributed by atoms with van der Waals surface area (Å²) in [4.78, 5) is 38.5. The van der Waals surface area contributed by atoms with E-state index >= 15 is 0 Å². The molecule has 156 valence electrons. The third-order valence-corrected chi connectivity index (χ3v) is 5.68. The quantitative estimate of drug-likeness (QED) is 0.602. The van der Waals surface area contributed by atoms with Crippen LogP contribution in [0.15, 0.2) is 36.4 Å². The van der Waals surface area contributed by atoms with Gasteiger partial charge in [0, 0.05) is 4.88 Å². The summed E-state index contributed by atoms with van der Waals surface area (Å²) in [5, 5.41) is 2.55. The summed E-state index contributed by atoms with van der Waals surface area (Å²) in [5.74, 6) is -1.11. The van der Waals surface area contributed by atoms with Crippen molar-refractivity contribution in [3.8, 4) is 0 Å². The van der Waals surface area contributed by atoms with E-state index in [2.05, 4.69) is 16.2 Å². The highest BCUT2D eigenvalue weighted by Gasteiger charge is 2.25. The van der Waals surface area contributed by atoms with E-state index in [0.717, 1.165) is 22.4 Å². The number of hydrazine groups is 1. The molecule has 7 nitrogen and oxygen atoms in total. The Bertz CT molecular complexity index is 849. The van der Waals surface area contributed by atoms with Crippen molar-refractivity contribution in [1.29, 1.82) is 0 Å². The lowest BCUT2D eigenvalue weighted by molar-refractivity contribution is -0.124. The Kier molecular flexibility index (Phi) is 8.21. The molecule has 2 aromatic rings. The van der Waals surface area contributed by atoms with Crippen molar-refractivity contribution in [1.82, 2.24) is 16.2 Å². The maximum Gasteiger partial charge on any atom is 0.408 e. The molecular weight excluding hydrogens is 390 g/mol. The van der Waals surface area contributed by atoms with E-state index in [4.69, 9.17) is 4.74 Å². The van der Waals surface area contributed by atoms with E-state index < -0.39 is 18.0 Å². The smallest absolute Gasteiger partial charge is 0.408 e. The van der Waals surface area contributed by atoms with Crippen LogP contribution in [0.3, 0.4) is 0 Å². The van der Waals surface area contributed by atoms with E-state index in [1.807, 2.05) is 44.2 Å². The van der Waals surface area contributed by atoms with Crippen molar-refractivity contribution < 1.29 is 19.1 Å². The van der Waals surface area contributed by atoms with Gasteiger partial charge < -0.3 is 10.1 Å². The first kappa shape index (κ1) is 22.4. The van der Waals surface area contributed by atoms with Crippen molar-refractivity contribution in [3.05, 3.63) is 57.3 Å². The first-order valence-electron chi connectivity index (χ1n) is 9.48. The molecule has 0 saturated heterocycles. The topological polar surface area (TPSA) is 96.5 Å². The number of nitrogens with one attached hydrogen (secondary N) is 3. The van der Waals surface area contributed by atoms with E-state index in [0.29, 0.717) is 4.88 Å². The Morgan fingerprint density at radius 3 is 2.38 bits per heavy atom. The number of alkyl carbamates (subject to hydrolysis) is 1. The van der Waals surface area contributed by atoms with Gasteiger partial charge >= 0.3 is 6.09 Å². The van der Waals surface area contributed by atoms with Crippen molar-refractivity contribution in [2.24, 2.45) is 5.92 Å². The van der Waals surface area contributed by atoms with Gasteiger partial charge in [0.2, 0.25) is 0 Å². The van der Waals surface area contributed by atoms with Crippen molar-refractivity contribution in [2.45, 2.75) is 46.8 Å². The number of carbonyl (C=O) groups is 3. The zero-order valence-corrected chi connectivity index (χ0v) is 17.9. The molecule has 8 heteroatoms. The Balaban J connectivity index is 1.87. The minimum Gasteiger partial charge on any atom is -0.445 e. The lowest BCUT2D eigenvalue weighted by atomic mass is 10.0. The van der Waals surface area contributed by atoms with E-state index in [1.165, 1.54) is 11.3 Å². The number of rotatable bonds is 7. The molecule has 0 aliphatic rings. The summed E-state index contributed by atoms with van der Waals surface area (Å²) in [5.41, 5.74) is 6.69. The Hall–Kier alpha value is -2.87. The molecule has 1 aromatic heterocycles. The molecule has 0 bridgehead atoms. The maximum absolute atomic E-state index is 12.5. The van der Waals surface area contributed by atoms with Crippen molar-refractivity contribution >= 4 is 29.2 Å². The fourth-order valence-electron chi connectivity index (χ4n) is 2.67. The second-order valence-corrected chi connectivity index (χ2v) is 8.08. The van der Waals surface area contributed by atoms with Crippen molar-refractivity contribution in [2.75, 3.05) is 0 Å². The normalized spacial score (nSPS) is 11.6. The lowest BCUT2D eigenvalue weighted by Gasteiger charge is -2.21. The molecule has 3 amide bonds. The van der Waals surface area contributed by atoms with Crippen LogP contribution in [-0.2, 0) is 22.6 Å². The van der Waals surface area contributed by atoms with Gasteiger partial charge in [0.25, 0.3) is 11.8 Å². The van der Waals surface area contributed by atoms with Crippen LogP contribution in [0.2, 0.25) is 0 Å².